The van der Waals surface area contributed by atoms with E-state index in [4.69, 9.17) is 17.3 Å². The fraction of sp³-hybridized carbons (Fsp3) is 0.333. The first-order valence-electron chi connectivity index (χ1n) is 4.27. The fourth-order valence-corrected chi connectivity index (χ4v) is 3.27. The molecule has 0 radical (unpaired) electrons. The zero-order valence-electron chi connectivity index (χ0n) is 7.35. The molecule has 3 nitrogen and oxygen atoms in total. The van der Waals surface area contributed by atoms with Gasteiger partial charge in [0.25, 0.3) is 0 Å². The molecule has 1 aromatic carbocycles. The lowest BCUT2D eigenvalue weighted by atomic mass is 10.4. The molecule has 14 heavy (non-hydrogen) atoms. The second-order valence-electron chi connectivity index (χ2n) is 3.44. The van der Waals surface area contributed by atoms with Crippen LogP contribution in [0, 0.1) is 0 Å². The van der Waals surface area contributed by atoms with Crippen LogP contribution in [0.2, 0.25) is 5.02 Å². The SMILES string of the molecule is N[C@H]1C[C@@H]1S(=O)(=O)c1ccc(Cl)cc1. The number of hydrogen-bond acceptors (Lipinski definition) is 3. The van der Waals surface area contributed by atoms with Crippen molar-refractivity contribution in [2.75, 3.05) is 0 Å². The van der Waals surface area contributed by atoms with Gasteiger partial charge in [-0.2, -0.15) is 0 Å². The Morgan fingerprint density at radius 3 is 2.21 bits per heavy atom. The zero-order chi connectivity index (χ0) is 10.3. The first-order chi connectivity index (χ1) is 6.51. The van der Waals surface area contributed by atoms with Crippen molar-refractivity contribution in [3.8, 4) is 0 Å². The lowest BCUT2D eigenvalue weighted by Crippen LogP contribution is -2.15. The van der Waals surface area contributed by atoms with Crippen molar-refractivity contribution in [1.29, 1.82) is 0 Å². The minimum Gasteiger partial charge on any atom is -0.326 e. The van der Waals surface area contributed by atoms with Crippen LogP contribution in [-0.2, 0) is 9.84 Å². The molecule has 0 spiro atoms. The predicted molar refractivity (Wildman–Crippen MR) is 55.0 cm³/mol. The summed E-state index contributed by atoms with van der Waals surface area (Å²) in [6.45, 7) is 0. The van der Waals surface area contributed by atoms with E-state index in [0.717, 1.165) is 0 Å². The molecular formula is C9H10ClNO2S. The van der Waals surface area contributed by atoms with Gasteiger partial charge in [-0.1, -0.05) is 11.6 Å². The van der Waals surface area contributed by atoms with E-state index in [1.807, 2.05) is 0 Å². The maximum atomic E-state index is 11.8. The van der Waals surface area contributed by atoms with Gasteiger partial charge in [-0.25, -0.2) is 8.42 Å². The molecule has 5 heteroatoms. The number of hydrogen-bond donors (Lipinski definition) is 1. The number of benzene rings is 1. The van der Waals surface area contributed by atoms with Gasteiger partial charge in [-0.15, -0.1) is 0 Å². The third kappa shape index (κ3) is 1.65. The Balaban J connectivity index is 2.35. The van der Waals surface area contributed by atoms with Gasteiger partial charge in [0.2, 0.25) is 0 Å². The molecule has 0 saturated heterocycles. The topological polar surface area (TPSA) is 60.2 Å². The summed E-state index contributed by atoms with van der Waals surface area (Å²) in [6, 6.07) is 5.98. The summed E-state index contributed by atoms with van der Waals surface area (Å²) in [5.41, 5.74) is 5.51. The van der Waals surface area contributed by atoms with Gasteiger partial charge >= 0.3 is 0 Å². The van der Waals surface area contributed by atoms with Gasteiger partial charge in [0.15, 0.2) is 9.84 Å². The first-order valence-corrected chi connectivity index (χ1v) is 6.19. The number of halogens is 1. The van der Waals surface area contributed by atoms with Crippen molar-refractivity contribution in [1.82, 2.24) is 0 Å². The monoisotopic (exact) mass is 231 g/mol. The smallest absolute Gasteiger partial charge is 0.182 e. The maximum absolute atomic E-state index is 11.8. The predicted octanol–water partition coefficient (Wildman–Crippen LogP) is 1.21. The quantitative estimate of drug-likeness (QED) is 0.833. The summed E-state index contributed by atoms with van der Waals surface area (Å²) in [4.78, 5) is 0.305. The van der Waals surface area contributed by atoms with Crippen LogP contribution in [-0.4, -0.2) is 19.7 Å². The van der Waals surface area contributed by atoms with E-state index in [9.17, 15) is 8.42 Å². The van der Waals surface area contributed by atoms with Crippen molar-refractivity contribution >= 4 is 21.4 Å². The molecule has 76 valence electrons. The van der Waals surface area contributed by atoms with Gasteiger partial charge < -0.3 is 5.73 Å². The Bertz CT molecular complexity index is 440. The molecule has 1 aliphatic rings. The van der Waals surface area contributed by atoms with E-state index in [1.165, 1.54) is 12.1 Å². The minimum absolute atomic E-state index is 0.198. The highest BCUT2D eigenvalue weighted by Gasteiger charge is 2.45. The van der Waals surface area contributed by atoms with Crippen LogP contribution in [0.4, 0.5) is 0 Å². The van der Waals surface area contributed by atoms with Crippen LogP contribution in [0.15, 0.2) is 29.2 Å². The van der Waals surface area contributed by atoms with Crippen molar-refractivity contribution in [3.63, 3.8) is 0 Å². The molecule has 0 amide bonds. The van der Waals surface area contributed by atoms with Gasteiger partial charge in [-0.05, 0) is 30.7 Å². The lowest BCUT2D eigenvalue weighted by molar-refractivity contribution is 0.594. The van der Waals surface area contributed by atoms with Crippen LogP contribution in [0.3, 0.4) is 0 Å². The van der Waals surface area contributed by atoms with E-state index < -0.39 is 15.1 Å². The van der Waals surface area contributed by atoms with Crippen molar-refractivity contribution < 1.29 is 8.42 Å². The van der Waals surface area contributed by atoms with Gasteiger partial charge in [0.05, 0.1) is 10.1 Å². The van der Waals surface area contributed by atoms with Crippen molar-refractivity contribution in [2.24, 2.45) is 5.73 Å². The molecule has 2 rings (SSSR count). The van der Waals surface area contributed by atoms with Crippen LogP contribution in [0.1, 0.15) is 6.42 Å². The lowest BCUT2D eigenvalue weighted by Gasteiger charge is -2.02. The van der Waals surface area contributed by atoms with Crippen molar-refractivity contribution in [2.45, 2.75) is 22.6 Å². The summed E-state index contributed by atoms with van der Waals surface area (Å²) >= 11 is 5.67. The van der Waals surface area contributed by atoms with E-state index in [-0.39, 0.29) is 6.04 Å². The average molecular weight is 232 g/mol. The maximum Gasteiger partial charge on any atom is 0.182 e. The van der Waals surface area contributed by atoms with Crippen molar-refractivity contribution in [3.05, 3.63) is 29.3 Å². The van der Waals surface area contributed by atoms with E-state index in [1.54, 1.807) is 12.1 Å². The fourth-order valence-electron chi connectivity index (χ4n) is 1.35. The van der Waals surface area contributed by atoms with E-state index >= 15 is 0 Å². The summed E-state index contributed by atoms with van der Waals surface area (Å²) in [5, 5.41) is 0.132. The minimum atomic E-state index is -3.22. The molecular weight excluding hydrogens is 222 g/mol. The Morgan fingerprint density at radius 1 is 1.29 bits per heavy atom. The molecule has 2 N–H and O–H groups in total. The van der Waals surface area contributed by atoms with Gasteiger partial charge in [-0.3, -0.25) is 0 Å². The third-order valence-corrected chi connectivity index (χ3v) is 4.84. The standard InChI is InChI=1S/C9H10ClNO2S/c10-6-1-3-7(4-2-6)14(12,13)9-5-8(9)11/h1-4,8-9H,5,11H2/t8-,9-/m0/s1. The summed E-state index contributed by atoms with van der Waals surface area (Å²) in [5.74, 6) is 0. The third-order valence-electron chi connectivity index (χ3n) is 2.32. The molecule has 0 aliphatic heterocycles. The number of rotatable bonds is 2. The Kier molecular flexibility index (Phi) is 2.29. The average Bonchev–Trinajstić information content (AvgIpc) is 2.84. The Hall–Kier alpha value is -0.580. The molecule has 1 aliphatic carbocycles. The highest BCUT2D eigenvalue weighted by Crippen LogP contribution is 2.32. The molecule has 0 bridgehead atoms. The van der Waals surface area contributed by atoms with E-state index in [2.05, 4.69) is 0 Å². The van der Waals surface area contributed by atoms with E-state index in [0.29, 0.717) is 16.3 Å². The Morgan fingerprint density at radius 2 is 1.79 bits per heavy atom. The first kappa shape index (κ1) is 9.96. The largest absolute Gasteiger partial charge is 0.326 e. The van der Waals surface area contributed by atoms with Crippen LogP contribution < -0.4 is 5.73 Å². The summed E-state index contributed by atoms with van der Waals surface area (Å²) in [6.07, 6.45) is 0.560. The molecule has 0 aromatic heterocycles. The molecule has 0 heterocycles. The molecule has 0 unspecified atom stereocenters. The Labute approximate surface area is 87.8 Å². The molecule has 1 fully saturated rings. The number of nitrogens with two attached hydrogens (primary N) is 1. The van der Waals surface area contributed by atoms with Crippen LogP contribution in [0.5, 0.6) is 0 Å². The highest BCUT2D eigenvalue weighted by atomic mass is 35.5. The van der Waals surface area contributed by atoms with Crippen LogP contribution in [0.25, 0.3) is 0 Å². The number of sulfone groups is 1. The van der Waals surface area contributed by atoms with Crippen LogP contribution >= 0.6 is 11.6 Å². The highest BCUT2D eigenvalue weighted by molar-refractivity contribution is 7.92. The van der Waals surface area contributed by atoms with Gasteiger partial charge in [0, 0.05) is 11.1 Å². The molecule has 1 saturated carbocycles. The second-order valence-corrected chi connectivity index (χ2v) is 6.04. The normalized spacial score (nSPS) is 26.1. The molecule has 1 aromatic rings. The molecule has 2 atom stereocenters. The zero-order valence-corrected chi connectivity index (χ0v) is 8.92. The van der Waals surface area contributed by atoms with Gasteiger partial charge in [0.1, 0.15) is 0 Å². The summed E-state index contributed by atoms with van der Waals surface area (Å²) in [7, 11) is -3.22. The summed E-state index contributed by atoms with van der Waals surface area (Å²) < 4.78 is 23.6. The second kappa shape index (κ2) is 3.22.